The molecule has 0 atom stereocenters. The average molecular weight is 166 g/mol. The Bertz CT molecular complexity index is 196. The second-order valence-corrected chi connectivity index (χ2v) is 3.65. The zero-order valence-electron chi connectivity index (χ0n) is 7.72. The monoisotopic (exact) mass is 166 g/mol. The third-order valence-electron chi connectivity index (χ3n) is 2.19. The number of hydrogen-bond acceptors (Lipinski definition) is 2. The van der Waals surface area contributed by atoms with Crippen molar-refractivity contribution >= 4 is 0 Å². The zero-order chi connectivity index (χ0) is 9.03. The van der Waals surface area contributed by atoms with Crippen LogP contribution in [0.5, 0.6) is 0 Å². The van der Waals surface area contributed by atoms with Crippen LogP contribution in [-0.2, 0) is 0 Å². The molecule has 0 aromatic rings. The van der Waals surface area contributed by atoms with Gasteiger partial charge in [-0.25, -0.2) is 0 Å². The van der Waals surface area contributed by atoms with Gasteiger partial charge < -0.3 is 11.5 Å². The summed E-state index contributed by atoms with van der Waals surface area (Å²) < 4.78 is 0. The van der Waals surface area contributed by atoms with Gasteiger partial charge in [-0.15, -0.1) is 0 Å². The summed E-state index contributed by atoms with van der Waals surface area (Å²) in [6, 6.07) is 0. The molecule has 0 bridgehead atoms. The SMILES string of the molecule is CC(N)(N)C1=CC=CCCCC1. The van der Waals surface area contributed by atoms with Crippen molar-refractivity contribution in [2.24, 2.45) is 11.5 Å². The minimum absolute atomic E-state index is 0.637. The molecule has 1 aliphatic carbocycles. The van der Waals surface area contributed by atoms with E-state index >= 15 is 0 Å². The van der Waals surface area contributed by atoms with E-state index in [1.165, 1.54) is 19.3 Å². The fourth-order valence-corrected chi connectivity index (χ4v) is 1.39. The fourth-order valence-electron chi connectivity index (χ4n) is 1.39. The lowest BCUT2D eigenvalue weighted by Gasteiger charge is -2.23. The van der Waals surface area contributed by atoms with E-state index in [4.69, 9.17) is 11.5 Å². The molecule has 0 saturated heterocycles. The van der Waals surface area contributed by atoms with Gasteiger partial charge in [0.15, 0.2) is 0 Å². The normalized spacial score (nSPS) is 19.8. The molecule has 0 heterocycles. The van der Waals surface area contributed by atoms with Crippen LogP contribution in [0.2, 0.25) is 0 Å². The van der Waals surface area contributed by atoms with Gasteiger partial charge in [0.05, 0.1) is 5.66 Å². The van der Waals surface area contributed by atoms with Gasteiger partial charge in [-0.1, -0.05) is 18.2 Å². The van der Waals surface area contributed by atoms with E-state index < -0.39 is 5.66 Å². The number of hydrogen-bond donors (Lipinski definition) is 2. The highest BCUT2D eigenvalue weighted by Gasteiger charge is 2.16. The van der Waals surface area contributed by atoms with Crippen molar-refractivity contribution in [1.29, 1.82) is 0 Å². The fraction of sp³-hybridized carbons (Fsp3) is 0.600. The second kappa shape index (κ2) is 3.87. The van der Waals surface area contributed by atoms with Gasteiger partial charge >= 0.3 is 0 Å². The summed E-state index contributed by atoms with van der Waals surface area (Å²) in [6.07, 6.45) is 10.9. The summed E-state index contributed by atoms with van der Waals surface area (Å²) >= 11 is 0. The summed E-state index contributed by atoms with van der Waals surface area (Å²) in [5.74, 6) is 0. The molecule has 4 N–H and O–H groups in total. The lowest BCUT2D eigenvalue weighted by atomic mass is 9.95. The predicted octanol–water partition coefficient (Wildman–Crippen LogP) is 1.68. The van der Waals surface area contributed by atoms with Crippen molar-refractivity contribution in [3.05, 3.63) is 23.8 Å². The highest BCUT2D eigenvalue weighted by Crippen LogP contribution is 2.18. The van der Waals surface area contributed by atoms with Crippen molar-refractivity contribution in [2.75, 3.05) is 0 Å². The molecule has 0 spiro atoms. The van der Waals surface area contributed by atoms with Gasteiger partial charge in [0, 0.05) is 0 Å². The number of rotatable bonds is 1. The van der Waals surface area contributed by atoms with Gasteiger partial charge in [-0.3, -0.25) is 0 Å². The molecular formula is C10H18N2. The van der Waals surface area contributed by atoms with E-state index in [9.17, 15) is 0 Å². The van der Waals surface area contributed by atoms with Gasteiger partial charge in [0.1, 0.15) is 0 Å². The molecule has 0 radical (unpaired) electrons. The van der Waals surface area contributed by atoms with Crippen molar-refractivity contribution < 1.29 is 0 Å². The Hall–Kier alpha value is -0.600. The third kappa shape index (κ3) is 2.80. The van der Waals surface area contributed by atoms with Crippen LogP contribution in [0.3, 0.4) is 0 Å². The minimum Gasteiger partial charge on any atom is -0.310 e. The van der Waals surface area contributed by atoms with E-state index in [0.29, 0.717) is 0 Å². The van der Waals surface area contributed by atoms with E-state index in [-0.39, 0.29) is 0 Å². The summed E-state index contributed by atoms with van der Waals surface area (Å²) in [5.41, 5.74) is 12.1. The Kier molecular flexibility index (Phi) is 3.06. The number of allylic oxidation sites excluding steroid dienone is 3. The van der Waals surface area contributed by atoms with Crippen molar-refractivity contribution in [3.8, 4) is 0 Å². The third-order valence-corrected chi connectivity index (χ3v) is 2.19. The maximum atomic E-state index is 5.81. The molecule has 1 rings (SSSR count). The quantitative estimate of drug-likeness (QED) is 0.582. The summed E-state index contributed by atoms with van der Waals surface area (Å²) in [7, 11) is 0. The smallest absolute Gasteiger partial charge is 0.0832 e. The molecule has 68 valence electrons. The molecule has 0 saturated carbocycles. The highest BCUT2D eigenvalue weighted by atomic mass is 14.9. The molecule has 0 fully saturated rings. The van der Waals surface area contributed by atoms with E-state index in [0.717, 1.165) is 12.0 Å². The number of nitrogens with two attached hydrogens (primary N) is 2. The first-order chi connectivity index (χ1) is 5.61. The Morgan fingerprint density at radius 2 is 2.08 bits per heavy atom. The van der Waals surface area contributed by atoms with Gasteiger partial charge in [0.2, 0.25) is 0 Å². The van der Waals surface area contributed by atoms with Crippen LogP contribution >= 0.6 is 0 Å². The van der Waals surface area contributed by atoms with Crippen LogP contribution in [0.4, 0.5) is 0 Å². The molecule has 0 aromatic carbocycles. The Morgan fingerprint density at radius 3 is 2.75 bits per heavy atom. The molecule has 0 amide bonds. The average Bonchev–Trinajstić information content (AvgIpc) is 1.81. The molecule has 0 unspecified atom stereocenters. The van der Waals surface area contributed by atoms with Crippen molar-refractivity contribution in [2.45, 2.75) is 38.3 Å². The first-order valence-electron chi connectivity index (χ1n) is 4.54. The van der Waals surface area contributed by atoms with Crippen LogP contribution < -0.4 is 11.5 Å². The summed E-state index contributed by atoms with van der Waals surface area (Å²) in [6.45, 7) is 1.86. The van der Waals surface area contributed by atoms with E-state index in [2.05, 4.69) is 18.2 Å². The van der Waals surface area contributed by atoms with Crippen LogP contribution in [0.1, 0.15) is 32.6 Å². The van der Waals surface area contributed by atoms with Gasteiger partial charge in [0.25, 0.3) is 0 Å². The van der Waals surface area contributed by atoms with Crippen LogP contribution in [0, 0.1) is 0 Å². The molecule has 2 nitrogen and oxygen atoms in total. The van der Waals surface area contributed by atoms with Gasteiger partial charge in [-0.2, -0.15) is 0 Å². The molecule has 1 aliphatic rings. The largest absolute Gasteiger partial charge is 0.310 e. The molecular weight excluding hydrogens is 148 g/mol. The highest BCUT2D eigenvalue weighted by molar-refractivity contribution is 5.22. The predicted molar refractivity (Wildman–Crippen MR) is 52.5 cm³/mol. The topological polar surface area (TPSA) is 52.0 Å². The Balaban J connectivity index is 2.72. The maximum absolute atomic E-state index is 5.81. The van der Waals surface area contributed by atoms with Crippen molar-refractivity contribution in [3.63, 3.8) is 0 Å². The van der Waals surface area contributed by atoms with Gasteiger partial charge in [-0.05, 0) is 38.2 Å². The second-order valence-electron chi connectivity index (χ2n) is 3.65. The Labute approximate surface area is 74.3 Å². The summed E-state index contributed by atoms with van der Waals surface area (Å²) in [4.78, 5) is 0. The standard InChI is InChI=1S/C10H18N2/c1-10(11,12)9-7-5-3-2-4-6-8-9/h3,5,7H,2,4,6,8,11-12H2,1H3. The molecule has 12 heavy (non-hydrogen) atoms. The van der Waals surface area contributed by atoms with Crippen LogP contribution in [0.25, 0.3) is 0 Å². The van der Waals surface area contributed by atoms with Crippen molar-refractivity contribution in [1.82, 2.24) is 0 Å². The van der Waals surface area contributed by atoms with E-state index in [1.54, 1.807) is 0 Å². The molecule has 2 heteroatoms. The molecule has 0 aliphatic heterocycles. The van der Waals surface area contributed by atoms with E-state index in [1.807, 2.05) is 6.92 Å². The minimum atomic E-state index is -0.637. The lowest BCUT2D eigenvalue weighted by Crippen LogP contribution is -2.47. The lowest BCUT2D eigenvalue weighted by molar-refractivity contribution is 0.538. The Morgan fingerprint density at radius 1 is 1.33 bits per heavy atom. The zero-order valence-corrected chi connectivity index (χ0v) is 7.72. The first-order valence-corrected chi connectivity index (χ1v) is 4.54. The van der Waals surface area contributed by atoms with Crippen LogP contribution in [-0.4, -0.2) is 5.66 Å². The summed E-state index contributed by atoms with van der Waals surface area (Å²) in [5, 5.41) is 0. The molecule has 0 aromatic heterocycles. The van der Waals surface area contributed by atoms with Crippen LogP contribution in [0.15, 0.2) is 23.8 Å². The first kappa shape index (κ1) is 9.49. The maximum Gasteiger partial charge on any atom is 0.0832 e.